The maximum Gasteiger partial charge on any atom is 0.241 e. The first-order valence-electron chi connectivity index (χ1n) is 5.87. The van der Waals surface area contributed by atoms with E-state index in [1.54, 1.807) is 35.4 Å². The molecule has 0 saturated heterocycles. The molecule has 1 aromatic carbocycles. The number of aliphatic hydroxyl groups is 1. The third-order valence-electron chi connectivity index (χ3n) is 2.69. The molecule has 0 saturated carbocycles. The van der Waals surface area contributed by atoms with E-state index in [4.69, 9.17) is 5.11 Å². The Bertz CT molecular complexity index is 671. The quantitative estimate of drug-likeness (QED) is 0.809. The molecule has 0 atom stereocenters. The third kappa shape index (κ3) is 3.66. The van der Waals surface area contributed by atoms with Crippen LogP contribution in [0.3, 0.4) is 0 Å². The molecule has 6 nitrogen and oxygen atoms in total. The average molecular weight is 360 g/mol. The zero-order valence-corrected chi connectivity index (χ0v) is 12.9. The van der Waals surface area contributed by atoms with Crippen molar-refractivity contribution in [3.8, 4) is 0 Å². The molecule has 2 rings (SSSR count). The number of nitrogens with zero attached hydrogens (tertiary/aromatic N) is 2. The van der Waals surface area contributed by atoms with Crippen LogP contribution in [0.5, 0.6) is 0 Å². The second-order valence-electron chi connectivity index (χ2n) is 4.12. The fourth-order valence-corrected chi connectivity index (χ4v) is 3.69. The maximum absolute atomic E-state index is 12.2. The van der Waals surface area contributed by atoms with Gasteiger partial charge in [0.05, 0.1) is 17.8 Å². The monoisotopic (exact) mass is 359 g/mol. The van der Waals surface area contributed by atoms with Gasteiger partial charge in [-0.2, -0.15) is 0 Å². The number of imidazole rings is 1. The molecule has 0 unspecified atom stereocenters. The van der Waals surface area contributed by atoms with E-state index >= 15 is 0 Å². The van der Waals surface area contributed by atoms with Crippen LogP contribution in [-0.2, 0) is 23.2 Å². The van der Waals surface area contributed by atoms with Crippen LogP contribution in [0.15, 0.2) is 46.3 Å². The summed E-state index contributed by atoms with van der Waals surface area (Å²) in [7, 11) is -3.62. The highest BCUT2D eigenvalue weighted by Crippen LogP contribution is 2.23. The van der Waals surface area contributed by atoms with Crippen LogP contribution in [-0.4, -0.2) is 29.6 Å². The molecule has 0 bridgehead atoms. The lowest BCUT2D eigenvalue weighted by Crippen LogP contribution is -2.27. The normalized spacial score (nSPS) is 11.7. The summed E-state index contributed by atoms with van der Waals surface area (Å²) in [6.45, 7) is 0.551. The van der Waals surface area contributed by atoms with Gasteiger partial charge in [-0.1, -0.05) is 6.07 Å². The van der Waals surface area contributed by atoms with Gasteiger partial charge in [0.2, 0.25) is 10.0 Å². The molecule has 108 valence electrons. The Morgan fingerprint density at radius 2 is 2.20 bits per heavy atom. The van der Waals surface area contributed by atoms with Crippen LogP contribution < -0.4 is 4.72 Å². The number of halogens is 1. The van der Waals surface area contributed by atoms with E-state index in [0.29, 0.717) is 16.6 Å². The van der Waals surface area contributed by atoms with E-state index in [9.17, 15) is 8.42 Å². The lowest BCUT2D eigenvalue weighted by Gasteiger charge is -2.10. The Hall–Kier alpha value is -1.22. The molecular weight excluding hydrogens is 346 g/mol. The minimum atomic E-state index is -3.62. The number of sulfonamides is 1. The molecule has 2 aromatic rings. The summed E-state index contributed by atoms with van der Waals surface area (Å²) < 4.78 is 29.2. The Balaban J connectivity index is 2.09. The average Bonchev–Trinajstić information content (AvgIpc) is 2.92. The smallest absolute Gasteiger partial charge is 0.241 e. The van der Waals surface area contributed by atoms with Gasteiger partial charge in [0.25, 0.3) is 0 Å². The minimum Gasteiger partial charge on any atom is -0.392 e. The molecule has 0 spiro atoms. The van der Waals surface area contributed by atoms with Crippen molar-refractivity contribution >= 4 is 26.0 Å². The summed E-state index contributed by atoms with van der Waals surface area (Å²) in [5, 5.41) is 9.08. The van der Waals surface area contributed by atoms with Crippen LogP contribution in [0.2, 0.25) is 0 Å². The van der Waals surface area contributed by atoms with Gasteiger partial charge in [-0.25, -0.2) is 18.1 Å². The number of benzene rings is 1. The van der Waals surface area contributed by atoms with Crippen LogP contribution in [0, 0.1) is 0 Å². The van der Waals surface area contributed by atoms with Gasteiger partial charge in [0, 0.05) is 30.0 Å². The highest BCUT2D eigenvalue weighted by Gasteiger charge is 2.17. The van der Waals surface area contributed by atoms with Crippen molar-refractivity contribution < 1.29 is 13.5 Å². The standard InChI is InChI=1S/C12H14BrN3O3S/c13-11-2-1-10(8-17)7-12(11)20(18,19)15-4-6-16-5-3-14-9-16/h1-3,5,7,9,15,17H,4,6,8H2. The fraction of sp³-hybridized carbons (Fsp3) is 0.250. The van der Waals surface area contributed by atoms with Crippen molar-refractivity contribution in [3.63, 3.8) is 0 Å². The highest BCUT2D eigenvalue weighted by molar-refractivity contribution is 9.10. The minimum absolute atomic E-state index is 0.120. The van der Waals surface area contributed by atoms with E-state index in [0.717, 1.165) is 0 Å². The van der Waals surface area contributed by atoms with Gasteiger partial charge in [-0.15, -0.1) is 0 Å². The summed E-state index contributed by atoms with van der Waals surface area (Å²) in [4.78, 5) is 4.00. The predicted octanol–water partition coefficient (Wildman–Crippen LogP) is 1.12. The van der Waals surface area contributed by atoms with Gasteiger partial charge in [0.1, 0.15) is 0 Å². The summed E-state index contributed by atoms with van der Waals surface area (Å²) in [5.74, 6) is 0. The maximum atomic E-state index is 12.2. The van der Waals surface area contributed by atoms with Gasteiger partial charge < -0.3 is 9.67 Å². The molecule has 0 radical (unpaired) electrons. The molecule has 0 amide bonds. The number of aliphatic hydroxyl groups excluding tert-OH is 1. The lowest BCUT2D eigenvalue weighted by atomic mass is 10.2. The summed E-state index contributed by atoms with van der Waals surface area (Å²) in [6.07, 6.45) is 5.02. The number of rotatable bonds is 6. The number of nitrogens with one attached hydrogen (secondary N) is 1. The van der Waals surface area contributed by atoms with E-state index in [1.807, 2.05) is 0 Å². The van der Waals surface area contributed by atoms with Crippen LogP contribution in [0.25, 0.3) is 0 Å². The SMILES string of the molecule is O=S(=O)(NCCn1ccnc1)c1cc(CO)ccc1Br. The van der Waals surface area contributed by atoms with Crippen molar-refractivity contribution in [1.82, 2.24) is 14.3 Å². The number of hydrogen-bond acceptors (Lipinski definition) is 4. The summed E-state index contributed by atoms with van der Waals surface area (Å²) in [6, 6.07) is 4.72. The second-order valence-corrected chi connectivity index (χ2v) is 6.71. The molecule has 0 aliphatic rings. The fourth-order valence-electron chi connectivity index (χ4n) is 1.66. The highest BCUT2D eigenvalue weighted by atomic mass is 79.9. The Labute approximate surface area is 125 Å². The number of aromatic nitrogens is 2. The first kappa shape index (κ1) is 15.2. The van der Waals surface area contributed by atoms with Crippen LogP contribution in [0.1, 0.15) is 5.56 Å². The van der Waals surface area contributed by atoms with E-state index in [-0.39, 0.29) is 18.0 Å². The molecule has 2 N–H and O–H groups in total. The Morgan fingerprint density at radius 1 is 1.40 bits per heavy atom. The Morgan fingerprint density at radius 3 is 2.85 bits per heavy atom. The third-order valence-corrected chi connectivity index (χ3v) is 5.14. The van der Waals surface area contributed by atoms with Crippen molar-refractivity contribution in [2.75, 3.05) is 6.54 Å². The second kappa shape index (κ2) is 6.49. The predicted molar refractivity (Wildman–Crippen MR) is 77.5 cm³/mol. The summed E-state index contributed by atoms with van der Waals surface area (Å²) in [5.41, 5.74) is 0.545. The van der Waals surface area contributed by atoms with E-state index < -0.39 is 10.0 Å². The van der Waals surface area contributed by atoms with Crippen molar-refractivity contribution in [3.05, 3.63) is 47.0 Å². The zero-order chi connectivity index (χ0) is 14.6. The molecule has 0 fully saturated rings. The molecule has 1 heterocycles. The van der Waals surface area contributed by atoms with Gasteiger partial charge in [0.15, 0.2) is 0 Å². The first-order valence-corrected chi connectivity index (χ1v) is 8.15. The van der Waals surface area contributed by atoms with Crippen LogP contribution in [0.4, 0.5) is 0 Å². The molecule has 0 aliphatic heterocycles. The Kier molecular flexibility index (Phi) is 4.92. The number of hydrogen-bond donors (Lipinski definition) is 2. The summed E-state index contributed by atoms with van der Waals surface area (Å²) >= 11 is 3.21. The molecule has 20 heavy (non-hydrogen) atoms. The topological polar surface area (TPSA) is 84.2 Å². The first-order chi connectivity index (χ1) is 9.53. The molecule has 0 aliphatic carbocycles. The molecular formula is C12H14BrN3O3S. The zero-order valence-electron chi connectivity index (χ0n) is 10.5. The van der Waals surface area contributed by atoms with Crippen LogP contribution >= 0.6 is 15.9 Å². The van der Waals surface area contributed by atoms with Gasteiger partial charge in [-0.3, -0.25) is 0 Å². The largest absolute Gasteiger partial charge is 0.392 e. The van der Waals surface area contributed by atoms with E-state index in [2.05, 4.69) is 25.6 Å². The van der Waals surface area contributed by atoms with Gasteiger partial charge >= 0.3 is 0 Å². The molecule has 1 aromatic heterocycles. The van der Waals surface area contributed by atoms with E-state index in [1.165, 1.54) is 6.07 Å². The molecule has 8 heteroatoms. The van der Waals surface area contributed by atoms with Gasteiger partial charge in [-0.05, 0) is 33.6 Å². The van der Waals surface area contributed by atoms with Crippen molar-refractivity contribution in [2.45, 2.75) is 18.0 Å². The lowest BCUT2D eigenvalue weighted by molar-refractivity contribution is 0.281. The van der Waals surface area contributed by atoms with Crippen molar-refractivity contribution in [2.24, 2.45) is 0 Å². The van der Waals surface area contributed by atoms with Crippen molar-refractivity contribution in [1.29, 1.82) is 0 Å².